The molecule has 1 fully saturated rings. The minimum absolute atomic E-state index is 0.105. The van der Waals surface area contributed by atoms with Gasteiger partial charge in [-0.15, -0.1) is 5.10 Å². The topological polar surface area (TPSA) is 80.4 Å². The molecule has 0 aromatic carbocycles. The summed E-state index contributed by atoms with van der Waals surface area (Å²) < 4.78 is 1.87. The minimum atomic E-state index is -0.562. The van der Waals surface area contributed by atoms with E-state index in [1.165, 1.54) is 11.9 Å². The van der Waals surface area contributed by atoms with Crippen molar-refractivity contribution in [3.05, 3.63) is 0 Å². The summed E-state index contributed by atoms with van der Waals surface area (Å²) in [6.07, 6.45) is 0. The summed E-state index contributed by atoms with van der Waals surface area (Å²) in [5, 5.41) is 4.34. The number of likely N-dealkylation sites (N-methyl/N-ethyl adjacent to an activating group) is 2. The van der Waals surface area contributed by atoms with Gasteiger partial charge in [-0.2, -0.15) is 5.43 Å². The minimum Gasteiger partial charge on any atom is -0.270 e. The third kappa shape index (κ3) is 1.85. The van der Waals surface area contributed by atoms with Crippen LogP contribution in [0.4, 0.5) is 4.79 Å². The summed E-state index contributed by atoms with van der Waals surface area (Å²) in [4.78, 5) is 31.3. The number of hydrogen-bond donors (Lipinski definition) is 1. The summed E-state index contributed by atoms with van der Waals surface area (Å²) in [7, 11) is 3.12. The molecular weight excluding hydrogens is 272 g/mol. The van der Waals surface area contributed by atoms with E-state index in [9.17, 15) is 9.59 Å². The molecule has 8 nitrogen and oxygen atoms in total. The van der Waals surface area contributed by atoms with Crippen LogP contribution in [-0.4, -0.2) is 70.5 Å². The van der Waals surface area contributed by atoms with E-state index in [0.29, 0.717) is 18.3 Å². The highest BCUT2D eigenvalue weighted by Crippen LogP contribution is 2.23. The highest BCUT2D eigenvalue weighted by molar-refractivity contribution is 6.23. The summed E-state index contributed by atoms with van der Waals surface area (Å²) in [5.74, 6) is 0.714. The van der Waals surface area contributed by atoms with Crippen LogP contribution in [0.1, 0.15) is 20.8 Å². The molecule has 0 aromatic heterocycles. The van der Waals surface area contributed by atoms with Crippen molar-refractivity contribution >= 4 is 29.4 Å². The molecule has 0 aromatic rings. The first-order chi connectivity index (χ1) is 9.71. The molecule has 0 spiro atoms. The third-order valence-corrected chi connectivity index (χ3v) is 4.01. The molecule has 3 heterocycles. The van der Waals surface area contributed by atoms with E-state index in [-0.39, 0.29) is 17.4 Å². The second-order valence-electron chi connectivity index (χ2n) is 6.48. The average Bonchev–Trinajstić information content (AvgIpc) is 2.80. The highest BCUT2D eigenvalue weighted by Gasteiger charge is 2.52. The Morgan fingerprint density at radius 1 is 1.24 bits per heavy atom. The van der Waals surface area contributed by atoms with Gasteiger partial charge in [0.25, 0.3) is 5.91 Å². The molecule has 3 aliphatic rings. The zero-order valence-corrected chi connectivity index (χ0v) is 12.8. The number of urea groups is 1. The Morgan fingerprint density at radius 3 is 2.52 bits per heavy atom. The highest BCUT2D eigenvalue weighted by atomic mass is 16.2. The fourth-order valence-electron chi connectivity index (χ4n) is 2.57. The Balaban J connectivity index is 1.96. The van der Waals surface area contributed by atoms with Gasteiger partial charge in [0.15, 0.2) is 0 Å². The molecule has 8 heteroatoms. The molecular formula is C13H19N6O2+. The van der Waals surface area contributed by atoms with Gasteiger partial charge in [0, 0.05) is 19.5 Å². The van der Waals surface area contributed by atoms with E-state index in [4.69, 9.17) is 0 Å². The fraction of sp³-hybridized carbons (Fsp3) is 0.615. The van der Waals surface area contributed by atoms with Crippen LogP contribution in [-0.2, 0) is 4.79 Å². The van der Waals surface area contributed by atoms with Gasteiger partial charge in [0.2, 0.25) is 11.9 Å². The molecule has 3 aliphatic heterocycles. The van der Waals surface area contributed by atoms with Gasteiger partial charge < -0.3 is 0 Å². The van der Waals surface area contributed by atoms with Crippen molar-refractivity contribution in [1.82, 2.24) is 15.2 Å². The van der Waals surface area contributed by atoms with Crippen molar-refractivity contribution in [2.45, 2.75) is 26.8 Å². The zero-order valence-electron chi connectivity index (χ0n) is 12.8. The van der Waals surface area contributed by atoms with Crippen LogP contribution in [0.3, 0.4) is 0 Å². The maximum Gasteiger partial charge on any atom is 0.414 e. The van der Waals surface area contributed by atoms with Crippen LogP contribution in [0.15, 0.2) is 10.1 Å². The number of nitrogens with zero attached hydrogens (tertiary/aromatic N) is 5. The smallest absolute Gasteiger partial charge is 0.270 e. The summed E-state index contributed by atoms with van der Waals surface area (Å²) in [6.45, 7) is 6.73. The van der Waals surface area contributed by atoms with E-state index in [1.54, 1.807) is 7.05 Å². The van der Waals surface area contributed by atoms with Crippen molar-refractivity contribution in [2.75, 3.05) is 20.6 Å². The maximum atomic E-state index is 12.4. The van der Waals surface area contributed by atoms with Crippen LogP contribution >= 0.6 is 0 Å². The molecule has 1 saturated heterocycles. The maximum absolute atomic E-state index is 12.4. The molecule has 0 bridgehead atoms. The van der Waals surface area contributed by atoms with Gasteiger partial charge in [-0.05, 0) is 0 Å². The summed E-state index contributed by atoms with van der Waals surface area (Å²) in [5.41, 5.74) is 3.74. The first-order valence-electron chi connectivity index (χ1n) is 6.82. The largest absolute Gasteiger partial charge is 0.414 e. The number of imide groups is 1. The van der Waals surface area contributed by atoms with Gasteiger partial charge in [-0.25, -0.2) is 9.37 Å². The van der Waals surface area contributed by atoms with Crippen LogP contribution in [0.2, 0.25) is 0 Å². The number of carbonyl (C=O) groups is 2. The van der Waals surface area contributed by atoms with Crippen molar-refractivity contribution in [3.63, 3.8) is 0 Å². The molecule has 21 heavy (non-hydrogen) atoms. The lowest BCUT2D eigenvalue weighted by atomic mass is 9.89. The molecule has 3 amide bonds. The first-order valence-corrected chi connectivity index (χ1v) is 6.82. The van der Waals surface area contributed by atoms with E-state index < -0.39 is 6.04 Å². The fourth-order valence-corrected chi connectivity index (χ4v) is 2.57. The number of guanidine groups is 1. The number of hydrazone groups is 1. The molecule has 1 unspecified atom stereocenters. The number of aliphatic imine (C=N–C) groups is 1. The Bertz CT molecular complexity index is 640. The van der Waals surface area contributed by atoms with Crippen molar-refractivity contribution in [2.24, 2.45) is 15.5 Å². The summed E-state index contributed by atoms with van der Waals surface area (Å²) in [6, 6.07) is -0.930. The summed E-state index contributed by atoms with van der Waals surface area (Å²) >= 11 is 0. The number of hydrogen-bond acceptors (Lipinski definition) is 5. The molecule has 0 radical (unpaired) electrons. The standard InChI is InChI=1S/C13H18N6O2/c1-13(2,3)7-6-19-8-9(14-11(19)16-15-7)17(4)12(21)18(5)10(8)20/h8H,6H2,1-5H3/p+1. The normalized spacial score (nSPS) is 25.5. The Labute approximate surface area is 122 Å². The Kier molecular flexibility index (Phi) is 2.69. The molecule has 1 atom stereocenters. The van der Waals surface area contributed by atoms with Crippen LogP contribution in [0.25, 0.3) is 0 Å². The number of fused-ring (bicyclic) bond motifs is 2. The van der Waals surface area contributed by atoms with Gasteiger partial charge in [-0.1, -0.05) is 25.8 Å². The Morgan fingerprint density at radius 2 is 1.90 bits per heavy atom. The molecule has 0 aliphatic carbocycles. The zero-order chi connectivity index (χ0) is 15.5. The number of amides is 3. The number of rotatable bonds is 0. The second kappa shape index (κ2) is 4.12. The van der Waals surface area contributed by atoms with E-state index in [0.717, 1.165) is 10.6 Å². The average molecular weight is 291 g/mol. The number of nitrogens with one attached hydrogen (secondary N) is 1. The van der Waals surface area contributed by atoms with Crippen LogP contribution in [0.5, 0.6) is 0 Å². The van der Waals surface area contributed by atoms with Gasteiger partial charge in [0.05, 0.1) is 5.71 Å². The lowest BCUT2D eigenvalue weighted by molar-refractivity contribution is -0.524. The lowest BCUT2D eigenvalue weighted by Crippen LogP contribution is -2.62. The SMILES string of the molecule is CN1C(=O)C2C(=NC3=[N+]2CC(C(C)(C)C)=NN3)N(C)C1=O. The lowest BCUT2D eigenvalue weighted by Gasteiger charge is -2.32. The number of carbonyl (C=O) groups excluding carboxylic acids is 2. The molecule has 3 rings (SSSR count). The van der Waals surface area contributed by atoms with Gasteiger partial charge in [-0.3, -0.25) is 14.6 Å². The predicted molar refractivity (Wildman–Crippen MR) is 77.3 cm³/mol. The first kappa shape index (κ1) is 13.7. The van der Waals surface area contributed by atoms with Gasteiger partial charge in [0.1, 0.15) is 6.54 Å². The molecule has 0 saturated carbocycles. The molecule has 1 N–H and O–H groups in total. The quantitative estimate of drug-likeness (QED) is 0.620. The predicted octanol–water partition coefficient (Wildman–Crippen LogP) is -0.335. The van der Waals surface area contributed by atoms with E-state index >= 15 is 0 Å². The van der Waals surface area contributed by atoms with Crippen LogP contribution < -0.4 is 5.43 Å². The van der Waals surface area contributed by atoms with E-state index in [2.05, 4.69) is 36.3 Å². The van der Waals surface area contributed by atoms with Crippen LogP contribution in [0, 0.1) is 5.41 Å². The monoisotopic (exact) mass is 291 g/mol. The van der Waals surface area contributed by atoms with Crippen molar-refractivity contribution < 1.29 is 14.2 Å². The second-order valence-corrected chi connectivity index (χ2v) is 6.48. The van der Waals surface area contributed by atoms with Crippen molar-refractivity contribution in [3.8, 4) is 0 Å². The van der Waals surface area contributed by atoms with Gasteiger partial charge >= 0.3 is 12.0 Å². The number of amidine groups is 1. The van der Waals surface area contributed by atoms with Crippen molar-refractivity contribution in [1.29, 1.82) is 0 Å². The van der Waals surface area contributed by atoms with E-state index in [1.807, 2.05) is 4.58 Å². The Hall–Kier alpha value is -2.25. The molecule has 112 valence electrons. The third-order valence-electron chi connectivity index (χ3n) is 4.01.